The maximum Gasteiger partial charge on any atom is 0.360 e. The lowest BCUT2D eigenvalue weighted by atomic mass is 10.1. The molecule has 1 unspecified atom stereocenters. The molecule has 5 nitrogen and oxygen atoms in total. The van der Waals surface area contributed by atoms with E-state index in [0.717, 1.165) is 24.6 Å². The number of aromatic nitrogens is 1. The van der Waals surface area contributed by atoms with Gasteiger partial charge in [-0.3, -0.25) is 0 Å². The molecule has 0 spiro atoms. The number of thiazole rings is 1. The van der Waals surface area contributed by atoms with Crippen molar-refractivity contribution in [2.45, 2.75) is 33.2 Å². The lowest BCUT2D eigenvalue weighted by molar-refractivity contribution is 0.0521. The molecule has 0 radical (unpaired) electrons. The molecule has 1 atom stereocenters. The quantitative estimate of drug-likeness (QED) is 0.817. The van der Waals surface area contributed by atoms with Gasteiger partial charge in [-0.2, -0.15) is 0 Å². The number of ether oxygens (including phenoxy) is 1. The minimum Gasteiger partial charge on any atom is -0.461 e. The average molecular weight is 297 g/mol. The zero-order valence-electron chi connectivity index (χ0n) is 12.4. The maximum absolute atomic E-state index is 11.7. The molecule has 0 bridgehead atoms. The summed E-state index contributed by atoms with van der Waals surface area (Å²) >= 11 is 1.46. The molecule has 1 N–H and O–H groups in total. The van der Waals surface area contributed by atoms with Crippen LogP contribution in [0.15, 0.2) is 5.51 Å². The van der Waals surface area contributed by atoms with Gasteiger partial charge in [0.2, 0.25) is 0 Å². The molecule has 1 fully saturated rings. The average Bonchev–Trinajstić information content (AvgIpc) is 3.05. The third-order valence-corrected chi connectivity index (χ3v) is 4.42. The fourth-order valence-electron chi connectivity index (χ4n) is 2.45. The fraction of sp³-hybridized carbons (Fsp3) is 0.714. The second-order valence-electron chi connectivity index (χ2n) is 5.37. The van der Waals surface area contributed by atoms with Crippen LogP contribution in [0.4, 0.5) is 5.00 Å². The molecule has 0 amide bonds. The lowest BCUT2D eigenvalue weighted by Crippen LogP contribution is -2.29. The molecule has 112 valence electrons. The van der Waals surface area contributed by atoms with Gasteiger partial charge in [0.05, 0.1) is 12.1 Å². The molecule has 1 aromatic rings. The smallest absolute Gasteiger partial charge is 0.360 e. The second-order valence-corrected chi connectivity index (χ2v) is 6.23. The van der Waals surface area contributed by atoms with Crippen molar-refractivity contribution >= 4 is 22.3 Å². The molecule has 0 aromatic carbocycles. The fourth-order valence-corrected chi connectivity index (χ4v) is 3.13. The van der Waals surface area contributed by atoms with Gasteiger partial charge in [0.15, 0.2) is 5.69 Å². The van der Waals surface area contributed by atoms with Gasteiger partial charge in [0.25, 0.3) is 0 Å². The molecule has 1 aliphatic heterocycles. The van der Waals surface area contributed by atoms with Crippen molar-refractivity contribution in [3.8, 4) is 0 Å². The van der Waals surface area contributed by atoms with Gasteiger partial charge < -0.3 is 15.0 Å². The van der Waals surface area contributed by atoms with E-state index in [1.165, 1.54) is 17.8 Å². The standard InChI is InChI=1S/C14H23N3O2S/c1-4-19-14(18)12-13(20-9-16-12)15-7-11-5-6-17(8-11)10(2)3/h9-11,15H,4-8H2,1-3H3. The van der Waals surface area contributed by atoms with Crippen molar-refractivity contribution in [3.63, 3.8) is 0 Å². The SMILES string of the molecule is CCOC(=O)c1ncsc1NCC1CCN(C(C)C)C1. The summed E-state index contributed by atoms with van der Waals surface area (Å²) in [4.78, 5) is 18.3. The summed E-state index contributed by atoms with van der Waals surface area (Å²) in [5.74, 6) is 0.293. The molecule has 1 saturated heterocycles. The van der Waals surface area contributed by atoms with Gasteiger partial charge >= 0.3 is 5.97 Å². The van der Waals surface area contributed by atoms with Crippen LogP contribution in [0.25, 0.3) is 0 Å². The van der Waals surface area contributed by atoms with E-state index in [-0.39, 0.29) is 5.97 Å². The number of nitrogens with one attached hydrogen (secondary N) is 1. The normalized spacial score (nSPS) is 19.5. The van der Waals surface area contributed by atoms with E-state index >= 15 is 0 Å². The number of nitrogens with zero attached hydrogens (tertiary/aromatic N) is 2. The van der Waals surface area contributed by atoms with Crippen LogP contribution in [0, 0.1) is 5.92 Å². The van der Waals surface area contributed by atoms with Crippen LogP contribution < -0.4 is 5.32 Å². The highest BCUT2D eigenvalue weighted by molar-refractivity contribution is 7.14. The number of hydrogen-bond acceptors (Lipinski definition) is 6. The summed E-state index contributed by atoms with van der Waals surface area (Å²) in [5.41, 5.74) is 2.10. The number of hydrogen-bond donors (Lipinski definition) is 1. The highest BCUT2D eigenvalue weighted by Gasteiger charge is 2.24. The largest absolute Gasteiger partial charge is 0.461 e. The van der Waals surface area contributed by atoms with Crippen LogP contribution >= 0.6 is 11.3 Å². The molecule has 0 aliphatic carbocycles. The minimum atomic E-state index is -0.341. The number of carbonyl (C=O) groups is 1. The van der Waals surface area contributed by atoms with Gasteiger partial charge in [-0.1, -0.05) is 0 Å². The maximum atomic E-state index is 11.7. The molecular formula is C14H23N3O2S. The summed E-state index contributed by atoms with van der Waals surface area (Å²) in [6, 6.07) is 0.610. The first-order valence-electron chi connectivity index (χ1n) is 7.20. The molecule has 0 saturated carbocycles. The van der Waals surface area contributed by atoms with Crippen molar-refractivity contribution in [3.05, 3.63) is 11.2 Å². The van der Waals surface area contributed by atoms with Crippen molar-refractivity contribution in [2.24, 2.45) is 5.92 Å². The van der Waals surface area contributed by atoms with Gasteiger partial charge in [-0.25, -0.2) is 9.78 Å². The van der Waals surface area contributed by atoms with E-state index in [1.54, 1.807) is 12.4 Å². The van der Waals surface area contributed by atoms with E-state index in [4.69, 9.17) is 4.74 Å². The predicted molar refractivity (Wildman–Crippen MR) is 81.4 cm³/mol. The number of likely N-dealkylation sites (tertiary alicyclic amines) is 1. The first-order valence-corrected chi connectivity index (χ1v) is 8.08. The third kappa shape index (κ3) is 3.70. The van der Waals surface area contributed by atoms with Crippen molar-refractivity contribution in [1.82, 2.24) is 9.88 Å². The zero-order chi connectivity index (χ0) is 14.5. The Morgan fingerprint density at radius 3 is 3.10 bits per heavy atom. The predicted octanol–water partition coefficient (Wildman–Crippen LogP) is 2.46. The van der Waals surface area contributed by atoms with E-state index < -0.39 is 0 Å². The molecular weight excluding hydrogens is 274 g/mol. The van der Waals surface area contributed by atoms with Crippen molar-refractivity contribution in [1.29, 1.82) is 0 Å². The van der Waals surface area contributed by atoms with E-state index in [0.29, 0.717) is 24.3 Å². The number of carbonyl (C=O) groups excluding carboxylic acids is 1. The number of anilines is 1. The van der Waals surface area contributed by atoms with E-state index in [9.17, 15) is 4.79 Å². The van der Waals surface area contributed by atoms with Gasteiger partial charge in [0.1, 0.15) is 5.00 Å². The topological polar surface area (TPSA) is 54.5 Å². The minimum absolute atomic E-state index is 0.341. The monoisotopic (exact) mass is 297 g/mol. The summed E-state index contributed by atoms with van der Waals surface area (Å²) in [6.45, 7) is 9.82. The summed E-state index contributed by atoms with van der Waals surface area (Å²) in [7, 11) is 0. The van der Waals surface area contributed by atoms with Crippen molar-refractivity contribution in [2.75, 3.05) is 31.6 Å². The Kier molecular flexibility index (Phi) is 5.37. The summed E-state index contributed by atoms with van der Waals surface area (Å²) < 4.78 is 5.00. The molecule has 20 heavy (non-hydrogen) atoms. The molecule has 2 heterocycles. The van der Waals surface area contributed by atoms with Gasteiger partial charge in [-0.05, 0) is 39.7 Å². The van der Waals surface area contributed by atoms with Crippen LogP contribution in [0.5, 0.6) is 0 Å². The van der Waals surface area contributed by atoms with Crippen LogP contribution in [-0.4, -0.2) is 48.1 Å². The highest BCUT2D eigenvalue weighted by Crippen LogP contribution is 2.24. The summed E-state index contributed by atoms with van der Waals surface area (Å²) in [6.07, 6.45) is 1.21. The lowest BCUT2D eigenvalue weighted by Gasteiger charge is -2.20. The van der Waals surface area contributed by atoms with Crippen LogP contribution in [0.3, 0.4) is 0 Å². The first-order chi connectivity index (χ1) is 9.61. The van der Waals surface area contributed by atoms with E-state index in [1.807, 2.05) is 0 Å². The third-order valence-electron chi connectivity index (χ3n) is 3.64. The Balaban J connectivity index is 1.86. The van der Waals surface area contributed by atoms with E-state index in [2.05, 4.69) is 29.0 Å². The Labute approximate surface area is 124 Å². The second kappa shape index (κ2) is 7.04. The Morgan fingerprint density at radius 2 is 2.45 bits per heavy atom. The number of esters is 1. The zero-order valence-corrected chi connectivity index (χ0v) is 13.2. The molecule has 6 heteroatoms. The van der Waals surface area contributed by atoms with Crippen molar-refractivity contribution < 1.29 is 9.53 Å². The Bertz CT molecular complexity index is 447. The highest BCUT2D eigenvalue weighted by atomic mass is 32.1. The van der Waals surface area contributed by atoms with Gasteiger partial charge in [0, 0.05) is 19.1 Å². The Hall–Kier alpha value is -1.14. The molecule has 2 rings (SSSR count). The van der Waals surface area contributed by atoms with Crippen LogP contribution in [0.2, 0.25) is 0 Å². The first kappa shape index (κ1) is 15.3. The molecule has 1 aliphatic rings. The number of rotatable bonds is 6. The summed E-state index contributed by atoms with van der Waals surface area (Å²) in [5, 5.41) is 4.19. The van der Waals surface area contributed by atoms with Gasteiger partial charge in [-0.15, -0.1) is 11.3 Å². The molecule has 1 aromatic heterocycles. The van der Waals surface area contributed by atoms with Crippen LogP contribution in [0.1, 0.15) is 37.7 Å². The Morgan fingerprint density at radius 1 is 1.65 bits per heavy atom. The van der Waals surface area contributed by atoms with Crippen LogP contribution in [-0.2, 0) is 4.74 Å².